The molecule has 0 aromatic heterocycles. The van der Waals surface area contributed by atoms with Gasteiger partial charge in [-0.05, 0) is 91.0 Å². The summed E-state index contributed by atoms with van der Waals surface area (Å²) in [6, 6.07) is 50.7. The number of allylic oxidation sites excluding steroid dienone is 4. The van der Waals surface area contributed by atoms with Gasteiger partial charge in [-0.1, -0.05) is 120 Å². The molecule has 0 saturated carbocycles. The molecule has 222 valence electrons. The van der Waals surface area contributed by atoms with E-state index in [1.165, 1.54) is 55.8 Å². The van der Waals surface area contributed by atoms with Crippen molar-refractivity contribution in [2.75, 3.05) is 9.80 Å². The molecule has 6 aromatic rings. The van der Waals surface area contributed by atoms with Crippen molar-refractivity contribution in [2.24, 2.45) is 5.92 Å². The molecule has 0 saturated heterocycles. The molecule has 2 aliphatic rings. The summed E-state index contributed by atoms with van der Waals surface area (Å²) in [6.07, 6.45) is 11.7. The van der Waals surface area contributed by atoms with Crippen LogP contribution in [-0.2, 0) is 0 Å². The molecular weight excluding hydrogens is 556 g/mol. The molecule has 6 aromatic carbocycles. The van der Waals surface area contributed by atoms with Gasteiger partial charge in [-0.2, -0.15) is 0 Å². The van der Waals surface area contributed by atoms with E-state index in [-0.39, 0.29) is 11.8 Å². The lowest BCUT2D eigenvalue weighted by molar-refractivity contribution is 0.644. The smallest absolute Gasteiger partial charge is 0.0543 e. The van der Waals surface area contributed by atoms with Crippen molar-refractivity contribution >= 4 is 45.3 Å². The molecule has 0 fully saturated rings. The van der Waals surface area contributed by atoms with E-state index in [1.807, 2.05) is 0 Å². The molecule has 0 aliphatic heterocycles. The molecule has 0 radical (unpaired) electrons. The molecule has 2 atom stereocenters. The standard InChI is InChI=1S/C44H36N2/c1-31-21-25-35(26-22-31)45(33-13-5-3-6-14-33)43-29-41-38-18-10-12-20-40(38)44(30-42(41)37-17-9-11-19-39(37)43)46(34-15-7-4-8-16-34)36-27-23-32(2)24-28-36/h3-30,37,39H,1-2H3. The number of anilines is 5. The number of rotatable bonds is 6. The Morgan fingerprint density at radius 3 is 1.54 bits per heavy atom. The second-order valence-electron chi connectivity index (χ2n) is 12.3. The Morgan fingerprint density at radius 1 is 0.457 bits per heavy atom. The Bertz CT molecular complexity index is 2100. The first-order chi connectivity index (χ1) is 22.7. The third kappa shape index (κ3) is 4.93. The number of para-hydroxylation sites is 2. The summed E-state index contributed by atoms with van der Waals surface area (Å²) in [7, 11) is 0. The van der Waals surface area contributed by atoms with E-state index in [1.54, 1.807) is 0 Å². The second-order valence-corrected chi connectivity index (χ2v) is 12.3. The van der Waals surface area contributed by atoms with Crippen LogP contribution in [0.2, 0.25) is 0 Å². The maximum Gasteiger partial charge on any atom is 0.0543 e. The van der Waals surface area contributed by atoms with Crippen LogP contribution < -0.4 is 9.80 Å². The predicted molar refractivity (Wildman–Crippen MR) is 196 cm³/mol. The van der Waals surface area contributed by atoms with E-state index in [0.717, 1.165) is 11.4 Å². The van der Waals surface area contributed by atoms with Crippen LogP contribution in [0.3, 0.4) is 0 Å². The maximum absolute atomic E-state index is 2.46. The zero-order valence-corrected chi connectivity index (χ0v) is 26.2. The van der Waals surface area contributed by atoms with Gasteiger partial charge >= 0.3 is 0 Å². The highest BCUT2D eigenvalue weighted by Gasteiger charge is 2.35. The van der Waals surface area contributed by atoms with E-state index < -0.39 is 0 Å². The summed E-state index contributed by atoms with van der Waals surface area (Å²) >= 11 is 0. The molecule has 2 nitrogen and oxygen atoms in total. The third-order valence-corrected chi connectivity index (χ3v) is 9.34. The number of nitrogens with zero attached hydrogens (tertiary/aromatic N) is 2. The summed E-state index contributed by atoms with van der Waals surface area (Å²) in [5.41, 5.74) is 12.3. The number of fused-ring (bicyclic) bond motifs is 5. The highest BCUT2D eigenvalue weighted by molar-refractivity contribution is 6.05. The van der Waals surface area contributed by atoms with Crippen molar-refractivity contribution in [3.05, 3.63) is 192 Å². The Hall–Kier alpha value is -5.60. The minimum Gasteiger partial charge on any atom is -0.314 e. The summed E-state index contributed by atoms with van der Waals surface area (Å²) in [5, 5.41) is 2.50. The van der Waals surface area contributed by atoms with Gasteiger partial charge in [0.2, 0.25) is 0 Å². The Morgan fingerprint density at radius 2 is 0.935 bits per heavy atom. The molecule has 2 heteroatoms. The lowest BCUT2D eigenvalue weighted by Gasteiger charge is -2.40. The molecule has 0 heterocycles. The zero-order valence-electron chi connectivity index (χ0n) is 26.2. The number of hydrogen-bond acceptors (Lipinski definition) is 2. The van der Waals surface area contributed by atoms with Crippen molar-refractivity contribution < 1.29 is 0 Å². The monoisotopic (exact) mass is 592 g/mol. The van der Waals surface area contributed by atoms with Crippen molar-refractivity contribution in [1.29, 1.82) is 0 Å². The van der Waals surface area contributed by atoms with Gasteiger partial charge in [0.15, 0.2) is 0 Å². The second kappa shape index (κ2) is 11.7. The van der Waals surface area contributed by atoms with Gasteiger partial charge in [-0.25, -0.2) is 0 Å². The molecule has 0 amide bonds. The lowest BCUT2D eigenvalue weighted by atomic mass is 9.73. The first-order valence-corrected chi connectivity index (χ1v) is 16.1. The Kier molecular flexibility index (Phi) is 7.11. The fourth-order valence-electron chi connectivity index (χ4n) is 7.08. The van der Waals surface area contributed by atoms with E-state index in [9.17, 15) is 0 Å². The van der Waals surface area contributed by atoms with Crippen LogP contribution in [0.15, 0.2) is 170 Å². The number of benzene rings is 6. The molecule has 0 N–H and O–H groups in total. The van der Waals surface area contributed by atoms with Gasteiger partial charge in [0.05, 0.1) is 5.69 Å². The summed E-state index contributed by atoms with van der Waals surface area (Å²) < 4.78 is 0. The van der Waals surface area contributed by atoms with E-state index >= 15 is 0 Å². The minimum atomic E-state index is 0.178. The van der Waals surface area contributed by atoms with Crippen LogP contribution in [0.5, 0.6) is 0 Å². The quantitative estimate of drug-likeness (QED) is 0.190. The SMILES string of the molecule is Cc1ccc(N(C2=Cc3c(cc(N(c4ccccc4)c4ccc(C)cc4)c4ccccc34)C3C=CC=CC23)c2ccccc2)cc1. The van der Waals surface area contributed by atoms with Crippen LogP contribution >= 0.6 is 0 Å². The van der Waals surface area contributed by atoms with E-state index in [0.29, 0.717) is 0 Å². The average Bonchev–Trinajstić information content (AvgIpc) is 3.11. The van der Waals surface area contributed by atoms with E-state index in [4.69, 9.17) is 0 Å². The van der Waals surface area contributed by atoms with Gasteiger partial charge in [0.25, 0.3) is 0 Å². The molecular formula is C44H36N2. The average molecular weight is 593 g/mol. The van der Waals surface area contributed by atoms with Gasteiger partial charge in [0.1, 0.15) is 0 Å². The largest absolute Gasteiger partial charge is 0.314 e. The predicted octanol–water partition coefficient (Wildman–Crippen LogP) is 11.9. The summed E-state index contributed by atoms with van der Waals surface area (Å²) in [4.78, 5) is 4.87. The van der Waals surface area contributed by atoms with Crippen LogP contribution in [0.4, 0.5) is 28.4 Å². The molecule has 0 bridgehead atoms. The highest BCUT2D eigenvalue weighted by Crippen LogP contribution is 2.51. The van der Waals surface area contributed by atoms with Crippen LogP contribution in [0.1, 0.15) is 28.2 Å². The van der Waals surface area contributed by atoms with Crippen molar-refractivity contribution in [3.8, 4) is 0 Å². The molecule has 46 heavy (non-hydrogen) atoms. The minimum absolute atomic E-state index is 0.178. The maximum atomic E-state index is 2.46. The van der Waals surface area contributed by atoms with Crippen molar-refractivity contribution in [1.82, 2.24) is 0 Å². The fourth-order valence-corrected chi connectivity index (χ4v) is 7.08. The summed E-state index contributed by atoms with van der Waals surface area (Å²) in [5.74, 6) is 0.369. The summed E-state index contributed by atoms with van der Waals surface area (Å²) in [6.45, 7) is 4.30. The molecule has 8 rings (SSSR count). The zero-order chi connectivity index (χ0) is 31.0. The highest BCUT2D eigenvalue weighted by atomic mass is 15.2. The van der Waals surface area contributed by atoms with Crippen LogP contribution in [0, 0.1) is 19.8 Å². The molecule has 2 aliphatic carbocycles. The Labute approximate surface area is 271 Å². The van der Waals surface area contributed by atoms with Gasteiger partial charge < -0.3 is 9.80 Å². The van der Waals surface area contributed by atoms with Gasteiger partial charge in [-0.15, -0.1) is 0 Å². The molecule has 2 unspecified atom stereocenters. The van der Waals surface area contributed by atoms with Gasteiger partial charge in [0, 0.05) is 45.7 Å². The molecule has 0 spiro atoms. The first kappa shape index (κ1) is 27.9. The van der Waals surface area contributed by atoms with Crippen LogP contribution in [0.25, 0.3) is 16.8 Å². The lowest BCUT2D eigenvalue weighted by Crippen LogP contribution is -2.29. The normalized spacial score (nSPS) is 16.4. The number of aryl methyl sites for hydroxylation is 2. The third-order valence-electron chi connectivity index (χ3n) is 9.34. The van der Waals surface area contributed by atoms with E-state index in [2.05, 4.69) is 194 Å². The van der Waals surface area contributed by atoms with Crippen LogP contribution in [-0.4, -0.2) is 0 Å². The van der Waals surface area contributed by atoms with Crippen molar-refractivity contribution in [3.63, 3.8) is 0 Å². The topological polar surface area (TPSA) is 6.48 Å². The Balaban J connectivity index is 1.40. The number of hydrogen-bond donors (Lipinski definition) is 0. The first-order valence-electron chi connectivity index (χ1n) is 16.1. The van der Waals surface area contributed by atoms with Crippen molar-refractivity contribution in [2.45, 2.75) is 19.8 Å². The fraction of sp³-hybridized carbons (Fsp3) is 0.0909. The van der Waals surface area contributed by atoms with Gasteiger partial charge in [-0.3, -0.25) is 0 Å².